The zero-order valence-corrected chi connectivity index (χ0v) is 18.5. The smallest absolute Gasteiger partial charge is 0.307 e. The van der Waals surface area contributed by atoms with E-state index < -0.39 is 0 Å². The molecule has 0 atom stereocenters. The number of methoxy groups -OCH3 is 1. The fourth-order valence-corrected chi connectivity index (χ4v) is 2.92. The number of anilines is 1. The molecule has 0 aliphatic carbocycles. The van der Waals surface area contributed by atoms with E-state index >= 15 is 0 Å². The van der Waals surface area contributed by atoms with Crippen molar-refractivity contribution in [1.29, 1.82) is 0 Å². The second-order valence-corrected chi connectivity index (χ2v) is 7.27. The van der Waals surface area contributed by atoms with E-state index in [1.54, 1.807) is 0 Å². The first-order chi connectivity index (χ1) is 14.9. The zero-order chi connectivity index (χ0) is 22.6. The molecule has 164 valence electrons. The SMILES string of the molecule is CCCCc1ccc(C(=O)NCCC(=O)OC)cc1.Cc1cc2ccccc2nc1N. The highest BCUT2D eigenvalue weighted by Crippen LogP contribution is 2.16. The Morgan fingerprint density at radius 2 is 1.81 bits per heavy atom. The summed E-state index contributed by atoms with van der Waals surface area (Å²) >= 11 is 0. The average Bonchev–Trinajstić information content (AvgIpc) is 2.79. The molecule has 1 aromatic heterocycles. The van der Waals surface area contributed by atoms with Gasteiger partial charge in [-0.3, -0.25) is 9.59 Å². The van der Waals surface area contributed by atoms with Gasteiger partial charge < -0.3 is 15.8 Å². The fraction of sp³-hybridized carbons (Fsp3) is 0.320. The van der Waals surface area contributed by atoms with Gasteiger partial charge in [-0.05, 0) is 55.2 Å². The van der Waals surface area contributed by atoms with Crippen LogP contribution in [0.3, 0.4) is 0 Å². The number of nitrogens with zero attached hydrogens (tertiary/aromatic N) is 1. The van der Waals surface area contributed by atoms with E-state index in [-0.39, 0.29) is 18.3 Å². The Kier molecular flexibility index (Phi) is 9.49. The molecule has 31 heavy (non-hydrogen) atoms. The Balaban J connectivity index is 0.000000242. The number of nitrogen functional groups attached to an aromatic ring is 1. The van der Waals surface area contributed by atoms with Gasteiger partial charge in [-0.2, -0.15) is 0 Å². The van der Waals surface area contributed by atoms with Crippen LogP contribution in [0.4, 0.5) is 5.82 Å². The number of carbonyl (C=O) groups is 2. The molecule has 6 nitrogen and oxygen atoms in total. The predicted octanol–water partition coefficient (Wildman–Crippen LogP) is 4.45. The molecular weight excluding hydrogens is 390 g/mol. The van der Waals surface area contributed by atoms with Crippen LogP contribution in [0.2, 0.25) is 0 Å². The maximum atomic E-state index is 11.8. The summed E-state index contributed by atoms with van der Waals surface area (Å²) < 4.78 is 4.50. The molecule has 0 radical (unpaired) electrons. The number of amides is 1. The highest BCUT2D eigenvalue weighted by Gasteiger charge is 2.06. The number of esters is 1. The number of aromatic nitrogens is 1. The molecule has 0 fully saturated rings. The van der Waals surface area contributed by atoms with Gasteiger partial charge in [0.2, 0.25) is 0 Å². The normalized spacial score (nSPS) is 10.2. The number of aryl methyl sites for hydroxylation is 2. The van der Waals surface area contributed by atoms with E-state index in [4.69, 9.17) is 5.73 Å². The molecular formula is C25H31N3O3. The standard InChI is InChI=1S/C15H21NO3.C10H10N2/c1-3-4-5-12-6-8-13(9-7-12)15(18)16-11-10-14(17)19-2;1-7-6-8-4-2-3-5-9(8)12-10(7)11/h6-9H,3-5,10-11H2,1-2H3,(H,16,18);2-6H,1H3,(H2,11,12). The number of hydrogen-bond donors (Lipinski definition) is 2. The highest BCUT2D eigenvalue weighted by molar-refractivity contribution is 5.94. The second-order valence-electron chi connectivity index (χ2n) is 7.27. The molecule has 0 spiro atoms. The van der Waals surface area contributed by atoms with Gasteiger partial charge in [0.1, 0.15) is 5.82 Å². The minimum absolute atomic E-state index is 0.161. The summed E-state index contributed by atoms with van der Waals surface area (Å²) in [4.78, 5) is 26.9. The van der Waals surface area contributed by atoms with Crippen molar-refractivity contribution in [2.45, 2.75) is 39.5 Å². The van der Waals surface area contributed by atoms with Crippen LogP contribution < -0.4 is 11.1 Å². The van der Waals surface area contributed by atoms with Crippen LogP contribution in [0.1, 0.15) is 47.7 Å². The third-order valence-electron chi connectivity index (χ3n) is 4.83. The number of benzene rings is 2. The first kappa shape index (κ1) is 23.9. The van der Waals surface area contributed by atoms with E-state index in [9.17, 15) is 9.59 Å². The number of nitrogens with two attached hydrogens (primary N) is 1. The number of para-hydroxylation sites is 1. The number of fused-ring (bicyclic) bond motifs is 1. The Morgan fingerprint density at radius 3 is 2.48 bits per heavy atom. The molecule has 1 heterocycles. The van der Waals surface area contributed by atoms with E-state index in [1.165, 1.54) is 12.7 Å². The largest absolute Gasteiger partial charge is 0.469 e. The molecule has 6 heteroatoms. The fourth-order valence-electron chi connectivity index (χ4n) is 2.92. The topological polar surface area (TPSA) is 94.3 Å². The Morgan fingerprint density at radius 1 is 1.10 bits per heavy atom. The van der Waals surface area contributed by atoms with E-state index in [0.29, 0.717) is 17.9 Å². The summed E-state index contributed by atoms with van der Waals surface area (Å²) in [6.45, 7) is 4.42. The van der Waals surface area contributed by atoms with E-state index in [2.05, 4.69) is 28.0 Å². The maximum absolute atomic E-state index is 11.8. The van der Waals surface area contributed by atoms with Crippen molar-refractivity contribution in [2.75, 3.05) is 19.4 Å². The van der Waals surface area contributed by atoms with Crippen LogP contribution in [0.5, 0.6) is 0 Å². The molecule has 3 N–H and O–H groups in total. The van der Waals surface area contributed by atoms with Gasteiger partial charge in [0.05, 0.1) is 19.0 Å². The van der Waals surface area contributed by atoms with Gasteiger partial charge in [-0.15, -0.1) is 0 Å². The molecule has 0 aliphatic heterocycles. The van der Waals surface area contributed by atoms with Crippen molar-refractivity contribution in [3.05, 3.63) is 71.3 Å². The number of carbonyl (C=O) groups excluding carboxylic acids is 2. The molecule has 0 saturated heterocycles. The summed E-state index contributed by atoms with van der Waals surface area (Å²) in [6.07, 6.45) is 3.55. The Labute approximate surface area is 183 Å². The van der Waals surface area contributed by atoms with Gasteiger partial charge in [0, 0.05) is 17.5 Å². The third-order valence-corrected chi connectivity index (χ3v) is 4.83. The molecule has 0 bridgehead atoms. The minimum atomic E-state index is -0.324. The molecule has 0 saturated carbocycles. The highest BCUT2D eigenvalue weighted by atomic mass is 16.5. The van der Waals surface area contributed by atoms with Gasteiger partial charge in [0.15, 0.2) is 0 Å². The monoisotopic (exact) mass is 421 g/mol. The number of pyridine rings is 1. The number of nitrogens with one attached hydrogen (secondary N) is 1. The number of ether oxygens (including phenoxy) is 1. The molecule has 2 aromatic carbocycles. The quantitative estimate of drug-likeness (QED) is 0.550. The number of hydrogen-bond acceptors (Lipinski definition) is 5. The van der Waals surface area contributed by atoms with Gasteiger partial charge in [-0.25, -0.2) is 4.98 Å². The van der Waals surface area contributed by atoms with Crippen molar-refractivity contribution in [3.63, 3.8) is 0 Å². The van der Waals surface area contributed by atoms with Crippen LogP contribution in [0.15, 0.2) is 54.6 Å². The second kappa shape index (κ2) is 12.3. The summed E-state index contributed by atoms with van der Waals surface area (Å²) in [5.41, 5.74) is 9.53. The minimum Gasteiger partial charge on any atom is -0.469 e. The third kappa shape index (κ3) is 7.74. The van der Waals surface area contributed by atoms with Crippen molar-refractivity contribution >= 4 is 28.6 Å². The van der Waals surface area contributed by atoms with Gasteiger partial charge in [0.25, 0.3) is 5.91 Å². The summed E-state index contributed by atoms with van der Waals surface area (Å²) in [6, 6.07) is 17.6. The van der Waals surface area contributed by atoms with Gasteiger partial charge >= 0.3 is 5.97 Å². The molecule has 1 amide bonds. The van der Waals surface area contributed by atoms with E-state index in [1.807, 2.05) is 55.5 Å². The van der Waals surface area contributed by atoms with Crippen molar-refractivity contribution in [2.24, 2.45) is 0 Å². The lowest BCUT2D eigenvalue weighted by Gasteiger charge is -2.05. The Bertz CT molecular complexity index is 960. The Hall–Kier alpha value is -3.41. The molecule has 3 rings (SSSR count). The van der Waals surface area contributed by atoms with Crippen LogP contribution in [0, 0.1) is 6.92 Å². The molecule has 0 aliphatic rings. The lowest BCUT2D eigenvalue weighted by molar-refractivity contribution is -0.140. The lowest BCUT2D eigenvalue weighted by atomic mass is 10.1. The van der Waals surface area contributed by atoms with Crippen molar-refractivity contribution in [1.82, 2.24) is 10.3 Å². The summed E-state index contributed by atoms with van der Waals surface area (Å²) in [5.74, 6) is 0.134. The summed E-state index contributed by atoms with van der Waals surface area (Å²) in [7, 11) is 1.33. The predicted molar refractivity (Wildman–Crippen MR) is 125 cm³/mol. The van der Waals surface area contributed by atoms with Gasteiger partial charge in [-0.1, -0.05) is 43.7 Å². The van der Waals surface area contributed by atoms with Crippen LogP contribution in [-0.4, -0.2) is 30.5 Å². The number of unbranched alkanes of at least 4 members (excludes halogenated alkanes) is 1. The first-order valence-electron chi connectivity index (χ1n) is 10.5. The van der Waals surface area contributed by atoms with E-state index in [0.717, 1.165) is 35.7 Å². The van der Waals surface area contributed by atoms with Crippen LogP contribution in [0.25, 0.3) is 10.9 Å². The van der Waals surface area contributed by atoms with Crippen LogP contribution >= 0.6 is 0 Å². The lowest BCUT2D eigenvalue weighted by Crippen LogP contribution is -2.26. The average molecular weight is 422 g/mol. The summed E-state index contributed by atoms with van der Waals surface area (Å²) in [5, 5.41) is 3.83. The molecule has 3 aromatic rings. The van der Waals surface area contributed by atoms with Crippen LogP contribution in [-0.2, 0) is 16.0 Å². The number of rotatable bonds is 7. The first-order valence-corrected chi connectivity index (χ1v) is 10.5. The zero-order valence-electron chi connectivity index (χ0n) is 18.5. The molecule has 0 unspecified atom stereocenters. The maximum Gasteiger partial charge on any atom is 0.307 e. The van der Waals surface area contributed by atoms with Crippen molar-refractivity contribution in [3.8, 4) is 0 Å². The van der Waals surface area contributed by atoms with Crippen molar-refractivity contribution < 1.29 is 14.3 Å².